The lowest BCUT2D eigenvalue weighted by Gasteiger charge is -2.30. The van der Waals surface area contributed by atoms with Crippen LogP contribution in [0.5, 0.6) is 0 Å². The number of fused-ring (bicyclic) bond motifs is 1. The van der Waals surface area contributed by atoms with Crippen LogP contribution in [0.3, 0.4) is 0 Å². The lowest BCUT2D eigenvalue weighted by Crippen LogP contribution is -2.44. The van der Waals surface area contributed by atoms with Crippen LogP contribution in [0.25, 0.3) is 0 Å². The average molecular weight is 233 g/mol. The summed E-state index contributed by atoms with van der Waals surface area (Å²) in [7, 11) is 0. The number of nitrogen functional groups attached to an aromatic ring is 1. The minimum Gasteiger partial charge on any atom is -0.399 e. The number of hydrogen-bond acceptors (Lipinski definition) is 2. The number of unbranched alkanes of at least 4 members (excludes halogenated alkanes) is 2. The van der Waals surface area contributed by atoms with Crippen LogP contribution in [0.1, 0.15) is 31.7 Å². The summed E-state index contributed by atoms with van der Waals surface area (Å²) >= 11 is 0. The molecule has 2 amide bonds. The van der Waals surface area contributed by atoms with E-state index in [0.29, 0.717) is 6.54 Å². The zero-order valence-electron chi connectivity index (χ0n) is 10.2. The van der Waals surface area contributed by atoms with Crippen molar-refractivity contribution < 1.29 is 4.79 Å². The summed E-state index contributed by atoms with van der Waals surface area (Å²) in [5.74, 6) is 0. The third-order valence-electron chi connectivity index (χ3n) is 3.05. The van der Waals surface area contributed by atoms with Gasteiger partial charge in [-0.25, -0.2) is 4.79 Å². The SMILES string of the molecule is CCCCCN1C(=O)NCc2cc(N)ccc21. The lowest BCUT2D eigenvalue weighted by atomic mass is 10.1. The standard InChI is InChI=1S/C13H19N3O/c1-2-3-4-7-16-12-6-5-11(14)8-10(12)9-15-13(16)17/h5-6,8H,2-4,7,9,14H2,1H3,(H,15,17). The Hall–Kier alpha value is -1.71. The van der Waals surface area contributed by atoms with Gasteiger partial charge in [0, 0.05) is 18.8 Å². The number of rotatable bonds is 4. The van der Waals surface area contributed by atoms with Gasteiger partial charge in [-0.15, -0.1) is 0 Å². The lowest BCUT2D eigenvalue weighted by molar-refractivity contribution is 0.244. The summed E-state index contributed by atoms with van der Waals surface area (Å²) in [6, 6.07) is 5.72. The molecule has 0 radical (unpaired) electrons. The molecule has 17 heavy (non-hydrogen) atoms. The summed E-state index contributed by atoms with van der Waals surface area (Å²) in [6.45, 7) is 3.50. The van der Waals surface area contributed by atoms with E-state index >= 15 is 0 Å². The fourth-order valence-electron chi connectivity index (χ4n) is 2.13. The number of anilines is 2. The fraction of sp³-hybridized carbons (Fsp3) is 0.462. The first-order valence-electron chi connectivity index (χ1n) is 6.16. The smallest absolute Gasteiger partial charge is 0.322 e. The predicted octanol–water partition coefficient (Wildman–Crippen LogP) is 2.49. The van der Waals surface area contributed by atoms with Crippen molar-refractivity contribution in [1.29, 1.82) is 0 Å². The molecule has 1 aromatic carbocycles. The van der Waals surface area contributed by atoms with Crippen molar-refractivity contribution in [2.75, 3.05) is 17.2 Å². The molecule has 1 heterocycles. The minimum absolute atomic E-state index is 0.00151. The molecule has 0 bridgehead atoms. The number of carbonyl (C=O) groups is 1. The summed E-state index contributed by atoms with van der Waals surface area (Å²) in [5.41, 5.74) is 8.59. The molecule has 0 atom stereocenters. The average Bonchev–Trinajstić information content (AvgIpc) is 2.32. The van der Waals surface area contributed by atoms with Gasteiger partial charge < -0.3 is 11.1 Å². The Morgan fingerprint density at radius 2 is 2.24 bits per heavy atom. The first kappa shape index (κ1) is 11.8. The second-order valence-corrected chi connectivity index (χ2v) is 4.41. The number of nitrogens with one attached hydrogen (secondary N) is 1. The van der Waals surface area contributed by atoms with E-state index in [4.69, 9.17) is 5.73 Å². The van der Waals surface area contributed by atoms with Crippen molar-refractivity contribution in [2.24, 2.45) is 0 Å². The van der Waals surface area contributed by atoms with E-state index in [1.807, 2.05) is 23.1 Å². The molecule has 1 aromatic rings. The number of amides is 2. The molecule has 0 saturated carbocycles. The highest BCUT2D eigenvalue weighted by molar-refractivity contribution is 5.95. The summed E-state index contributed by atoms with van der Waals surface area (Å²) in [6.07, 6.45) is 3.34. The Labute approximate surface area is 102 Å². The monoisotopic (exact) mass is 233 g/mol. The molecule has 0 saturated heterocycles. The highest BCUT2D eigenvalue weighted by atomic mass is 16.2. The van der Waals surface area contributed by atoms with Gasteiger partial charge in [-0.05, 0) is 30.2 Å². The second kappa shape index (κ2) is 5.08. The van der Waals surface area contributed by atoms with Gasteiger partial charge in [-0.2, -0.15) is 0 Å². The molecule has 92 valence electrons. The quantitative estimate of drug-likeness (QED) is 0.620. The van der Waals surface area contributed by atoms with Gasteiger partial charge >= 0.3 is 6.03 Å². The highest BCUT2D eigenvalue weighted by Gasteiger charge is 2.22. The molecule has 1 aliphatic rings. The number of nitrogens with zero attached hydrogens (tertiary/aromatic N) is 1. The fourth-order valence-corrected chi connectivity index (χ4v) is 2.13. The van der Waals surface area contributed by atoms with E-state index in [9.17, 15) is 4.79 Å². The van der Waals surface area contributed by atoms with E-state index in [1.165, 1.54) is 0 Å². The van der Waals surface area contributed by atoms with Crippen LogP contribution in [0.4, 0.5) is 16.2 Å². The Morgan fingerprint density at radius 3 is 3.00 bits per heavy atom. The zero-order valence-corrected chi connectivity index (χ0v) is 10.2. The van der Waals surface area contributed by atoms with Crippen molar-refractivity contribution in [3.8, 4) is 0 Å². The maximum atomic E-state index is 11.8. The van der Waals surface area contributed by atoms with Gasteiger partial charge in [-0.1, -0.05) is 19.8 Å². The van der Waals surface area contributed by atoms with Crippen molar-refractivity contribution in [1.82, 2.24) is 5.32 Å². The normalized spacial score (nSPS) is 14.4. The van der Waals surface area contributed by atoms with E-state index < -0.39 is 0 Å². The van der Waals surface area contributed by atoms with Gasteiger partial charge in [0.25, 0.3) is 0 Å². The van der Waals surface area contributed by atoms with Crippen LogP contribution in [0.15, 0.2) is 18.2 Å². The first-order chi connectivity index (χ1) is 8.22. The molecule has 1 aliphatic heterocycles. The number of urea groups is 1. The molecule has 3 N–H and O–H groups in total. The number of benzene rings is 1. The Balaban J connectivity index is 2.18. The summed E-state index contributed by atoms with van der Waals surface area (Å²) in [5, 5.41) is 2.87. The van der Waals surface area contributed by atoms with Gasteiger partial charge in [0.05, 0.1) is 5.69 Å². The third kappa shape index (κ3) is 2.52. The van der Waals surface area contributed by atoms with Crippen LogP contribution < -0.4 is 16.0 Å². The van der Waals surface area contributed by atoms with Gasteiger partial charge in [0.1, 0.15) is 0 Å². The van der Waals surface area contributed by atoms with Gasteiger partial charge in [-0.3, -0.25) is 4.90 Å². The van der Waals surface area contributed by atoms with Crippen LogP contribution in [-0.4, -0.2) is 12.6 Å². The minimum atomic E-state index is -0.00151. The van der Waals surface area contributed by atoms with E-state index in [-0.39, 0.29) is 6.03 Å². The van der Waals surface area contributed by atoms with Gasteiger partial charge in [0.2, 0.25) is 0 Å². The van der Waals surface area contributed by atoms with E-state index in [2.05, 4.69) is 12.2 Å². The van der Waals surface area contributed by atoms with Crippen molar-refractivity contribution in [3.63, 3.8) is 0 Å². The summed E-state index contributed by atoms with van der Waals surface area (Å²) in [4.78, 5) is 13.6. The summed E-state index contributed by atoms with van der Waals surface area (Å²) < 4.78 is 0. The highest BCUT2D eigenvalue weighted by Crippen LogP contribution is 2.26. The van der Waals surface area contributed by atoms with Crippen molar-refractivity contribution >= 4 is 17.4 Å². The Kier molecular flexibility index (Phi) is 3.52. The van der Waals surface area contributed by atoms with Crippen molar-refractivity contribution in [2.45, 2.75) is 32.7 Å². The largest absolute Gasteiger partial charge is 0.399 e. The first-order valence-corrected chi connectivity index (χ1v) is 6.16. The molecule has 0 spiro atoms. The molecular formula is C13H19N3O. The molecule has 4 nitrogen and oxygen atoms in total. The predicted molar refractivity (Wildman–Crippen MR) is 70.0 cm³/mol. The number of carbonyl (C=O) groups excluding carboxylic acids is 1. The van der Waals surface area contributed by atoms with Crippen LogP contribution in [-0.2, 0) is 6.54 Å². The van der Waals surface area contributed by atoms with Crippen LogP contribution >= 0.6 is 0 Å². The Bertz CT molecular complexity index is 417. The molecular weight excluding hydrogens is 214 g/mol. The number of nitrogens with two attached hydrogens (primary N) is 1. The third-order valence-corrected chi connectivity index (χ3v) is 3.05. The van der Waals surface area contributed by atoms with Gasteiger partial charge in [0.15, 0.2) is 0 Å². The van der Waals surface area contributed by atoms with Crippen LogP contribution in [0.2, 0.25) is 0 Å². The molecule has 4 heteroatoms. The molecule has 0 fully saturated rings. The van der Waals surface area contributed by atoms with E-state index in [1.54, 1.807) is 0 Å². The van der Waals surface area contributed by atoms with Crippen molar-refractivity contribution in [3.05, 3.63) is 23.8 Å². The topological polar surface area (TPSA) is 58.4 Å². The Morgan fingerprint density at radius 1 is 1.41 bits per heavy atom. The maximum absolute atomic E-state index is 11.8. The molecule has 0 aromatic heterocycles. The maximum Gasteiger partial charge on any atom is 0.322 e. The zero-order chi connectivity index (χ0) is 12.3. The second-order valence-electron chi connectivity index (χ2n) is 4.41. The molecule has 0 aliphatic carbocycles. The molecule has 0 unspecified atom stereocenters. The molecule has 2 rings (SSSR count). The van der Waals surface area contributed by atoms with Crippen LogP contribution in [0, 0.1) is 0 Å². The number of hydrogen-bond donors (Lipinski definition) is 2. The van der Waals surface area contributed by atoms with E-state index in [0.717, 1.165) is 42.7 Å².